The van der Waals surface area contributed by atoms with Gasteiger partial charge < -0.3 is 10.7 Å². The zero-order chi connectivity index (χ0) is 14.3. The van der Waals surface area contributed by atoms with E-state index in [1.165, 1.54) is 11.1 Å². The average molecular weight is 265 g/mol. The second-order valence-electron chi connectivity index (χ2n) is 5.85. The lowest BCUT2D eigenvalue weighted by atomic mass is 9.84. The minimum atomic E-state index is -0.180. The van der Waals surface area contributed by atoms with E-state index in [1.54, 1.807) is 0 Å². The van der Waals surface area contributed by atoms with Crippen molar-refractivity contribution in [1.82, 2.24) is 9.97 Å². The predicted octanol–water partition coefficient (Wildman–Crippen LogP) is 3.78. The number of fused-ring (bicyclic) bond motifs is 1. The Morgan fingerprint density at radius 3 is 2.45 bits per heavy atom. The van der Waals surface area contributed by atoms with Gasteiger partial charge in [-0.15, -0.1) is 0 Å². The van der Waals surface area contributed by atoms with Gasteiger partial charge in [0.2, 0.25) is 0 Å². The van der Waals surface area contributed by atoms with Crippen molar-refractivity contribution in [1.29, 1.82) is 0 Å². The number of benzene rings is 2. The zero-order valence-electron chi connectivity index (χ0n) is 12.1. The Morgan fingerprint density at radius 2 is 1.75 bits per heavy atom. The van der Waals surface area contributed by atoms with Crippen LogP contribution in [0.5, 0.6) is 0 Å². The summed E-state index contributed by atoms with van der Waals surface area (Å²) < 4.78 is 0. The highest BCUT2D eigenvalue weighted by molar-refractivity contribution is 5.76. The largest absolute Gasteiger partial charge is 0.399 e. The van der Waals surface area contributed by atoms with E-state index >= 15 is 0 Å². The van der Waals surface area contributed by atoms with Crippen LogP contribution in [0, 0.1) is 6.92 Å². The number of nitrogen functional groups attached to an aromatic ring is 1. The first-order valence-corrected chi connectivity index (χ1v) is 6.80. The highest BCUT2D eigenvalue weighted by atomic mass is 14.9. The van der Waals surface area contributed by atoms with Gasteiger partial charge in [0.25, 0.3) is 0 Å². The summed E-state index contributed by atoms with van der Waals surface area (Å²) in [6.45, 7) is 6.43. The maximum atomic E-state index is 5.76. The fourth-order valence-electron chi connectivity index (χ4n) is 2.46. The molecule has 102 valence electrons. The van der Waals surface area contributed by atoms with Crippen LogP contribution in [0.2, 0.25) is 0 Å². The maximum absolute atomic E-state index is 5.76. The lowest BCUT2D eigenvalue weighted by Crippen LogP contribution is -2.20. The van der Waals surface area contributed by atoms with Gasteiger partial charge >= 0.3 is 0 Å². The Hall–Kier alpha value is -2.29. The summed E-state index contributed by atoms with van der Waals surface area (Å²) in [5.41, 5.74) is 10.9. The van der Waals surface area contributed by atoms with Crippen LogP contribution in [0.1, 0.15) is 30.8 Å². The summed E-state index contributed by atoms with van der Waals surface area (Å²) in [5, 5.41) is 0. The molecule has 3 nitrogen and oxygen atoms in total. The van der Waals surface area contributed by atoms with Gasteiger partial charge in [-0.25, -0.2) is 4.98 Å². The molecule has 0 spiro atoms. The van der Waals surface area contributed by atoms with Crippen LogP contribution in [-0.4, -0.2) is 9.97 Å². The van der Waals surface area contributed by atoms with E-state index in [0.717, 1.165) is 22.5 Å². The Bertz CT molecular complexity index is 752. The SMILES string of the molecule is Cc1ccc2nc(C(C)(C)c3ccc(N)cc3)[nH]c2c1. The Morgan fingerprint density at radius 1 is 1.05 bits per heavy atom. The molecule has 3 N–H and O–H groups in total. The number of aromatic nitrogens is 2. The lowest BCUT2D eigenvalue weighted by Gasteiger charge is -2.22. The molecule has 0 aliphatic heterocycles. The predicted molar refractivity (Wildman–Crippen MR) is 83.8 cm³/mol. The van der Waals surface area contributed by atoms with E-state index < -0.39 is 0 Å². The monoisotopic (exact) mass is 265 g/mol. The molecule has 20 heavy (non-hydrogen) atoms. The van der Waals surface area contributed by atoms with E-state index in [9.17, 15) is 0 Å². The molecule has 1 heterocycles. The van der Waals surface area contributed by atoms with E-state index in [-0.39, 0.29) is 5.41 Å². The summed E-state index contributed by atoms with van der Waals surface area (Å²) in [5.74, 6) is 0.975. The van der Waals surface area contributed by atoms with Crippen molar-refractivity contribution >= 4 is 16.7 Å². The second-order valence-corrected chi connectivity index (χ2v) is 5.85. The molecular weight excluding hydrogens is 246 g/mol. The number of aryl methyl sites for hydroxylation is 1. The number of anilines is 1. The number of H-pyrrole nitrogens is 1. The van der Waals surface area contributed by atoms with E-state index in [0.29, 0.717) is 0 Å². The lowest BCUT2D eigenvalue weighted by molar-refractivity contribution is 0.601. The highest BCUT2D eigenvalue weighted by Crippen LogP contribution is 2.31. The number of hydrogen-bond acceptors (Lipinski definition) is 2. The third-order valence-corrected chi connectivity index (χ3v) is 3.86. The third-order valence-electron chi connectivity index (χ3n) is 3.86. The quantitative estimate of drug-likeness (QED) is 0.693. The number of aromatic amines is 1. The zero-order valence-corrected chi connectivity index (χ0v) is 12.1. The van der Waals surface area contributed by atoms with Crippen molar-refractivity contribution in [3.8, 4) is 0 Å². The minimum Gasteiger partial charge on any atom is -0.399 e. The van der Waals surface area contributed by atoms with Crippen LogP contribution in [0.4, 0.5) is 5.69 Å². The van der Waals surface area contributed by atoms with Crippen molar-refractivity contribution in [2.75, 3.05) is 5.73 Å². The summed E-state index contributed by atoms with van der Waals surface area (Å²) in [7, 11) is 0. The minimum absolute atomic E-state index is 0.180. The average Bonchev–Trinajstić information content (AvgIpc) is 2.83. The number of nitrogens with one attached hydrogen (secondary N) is 1. The van der Waals surface area contributed by atoms with Gasteiger partial charge in [-0.3, -0.25) is 0 Å². The van der Waals surface area contributed by atoms with E-state index in [2.05, 4.69) is 56.1 Å². The van der Waals surface area contributed by atoms with Crippen LogP contribution in [0.15, 0.2) is 42.5 Å². The van der Waals surface area contributed by atoms with Crippen molar-refractivity contribution in [3.63, 3.8) is 0 Å². The first-order valence-electron chi connectivity index (χ1n) is 6.80. The molecule has 0 atom stereocenters. The molecule has 1 aromatic heterocycles. The van der Waals surface area contributed by atoms with Crippen molar-refractivity contribution in [2.24, 2.45) is 0 Å². The van der Waals surface area contributed by atoms with Crippen molar-refractivity contribution in [2.45, 2.75) is 26.2 Å². The maximum Gasteiger partial charge on any atom is 0.117 e. The van der Waals surface area contributed by atoms with E-state index in [4.69, 9.17) is 10.7 Å². The molecule has 0 bridgehead atoms. The topological polar surface area (TPSA) is 54.7 Å². The number of rotatable bonds is 2. The standard InChI is InChI=1S/C17H19N3/c1-11-4-9-14-15(10-11)20-16(19-14)17(2,3)12-5-7-13(18)8-6-12/h4-10H,18H2,1-3H3,(H,19,20). The fraction of sp³-hybridized carbons (Fsp3) is 0.235. The second kappa shape index (κ2) is 4.37. The molecule has 0 radical (unpaired) electrons. The van der Waals surface area contributed by atoms with Crippen LogP contribution in [0.3, 0.4) is 0 Å². The molecule has 0 saturated heterocycles. The first-order chi connectivity index (χ1) is 9.46. The smallest absolute Gasteiger partial charge is 0.117 e. The molecule has 0 fully saturated rings. The van der Waals surface area contributed by atoms with Gasteiger partial charge in [0.15, 0.2) is 0 Å². The van der Waals surface area contributed by atoms with Crippen LogP contribution >= 0.6 is 0 Å². The molecule has 3 aromatic rings. The Labute approximate surface area is 118 Å². The normalized spacial score (nSPS) is 11.9. The molecule has 3 rings (SSSR count). The molecule has 0 aliphatic carbocycles. The summed E-state index contributed by atoms with van der Waals surface area (Å²) in [6.07, 6.45) is 0. The van der Waals surface area contributed by atoms with Gasteiger partial charge in [-0.1, -0.05) is 18.2 Å². The Kier molecular flexibility index (Phi) is 2.78. The van der Waals surface area contributed by atoms with Crippen molar-refractivity contribution in [3.05, 3.63) is 59.4 Å². The van der Waals surface area contributed by atoms with Crippen LogP contribution in [-0.2, 0) is 5.41 Å². The molecule has 2 aromatic carbocycles. The molecular formula is C17H19N3. The number of nitrogens with zero attached hydrogens (tertiary/aromatic N) is 1. The van der Waals surface area contributed by atoms with Gasteiger partial charge in [-0.05, 0) is 56.2 Å². The van der Waals surface area contributed by atoms with Crippen LogP contribution in [0.25, 0.3) is 11.0 Å². The number of nitrogens with two attached hydrogens (primary N) is 1. The summed E-state index contributed by atoms with van der Waals surface area (Å²) in [4.78, 5) is 8.18. The van der Waals surface area contributed by atoms with Gasteiger partial charge in [-0.2, -0.15) is 0 Å². The fourth-order valence-corrected chi connectivity index (χ4v) is 2.46. The summed E-state index contributed by atoms with van der Waals surface area (Å²) in [6, 6.07) is 14.3. The third kappa shape index (κ3) is 2.05. The van der Waals surface area contributed by atoms with Crippen LogP contribution < -0.4 is 5.73 Å². The number of hydrogen-bond donors (Lipinski definition) is 2. The first kappa shape index (κ1) is 12.7. The van der Waals surface area contributed by atoms with Gasteiger partial charge in [0, 0.05) is 11.1 Å². The molecule has 0 saturated carbocycles. The highest BCUT2D eigenvalue weighted by Gasteiger charge is 2.26. The van der Waals surface area contributed by atoms with E-state index in [1.807, 2.05) is 12.1 Å². The molecule has 0 aliphatic rings. The summed E-state index contributed by atoms with van der Waals surface area (Å²) >= 11 is 0. The molecule has 0 amide bonds. The Balaban J connectivity index is 2.10. The van der Waals surface area contributed by atoms with Gasteiger partial charge in [0.05, 0.1) is 11.0 Å². The van der Waals surface area contributed by atoms with Crippen molar-refractivity contribution < 1.29 is 0 Å². The molecule has 0 unspecified atom stereocenters. The van der Waals surface area contributed by atoms with Gasteiger partial charge in [0.1, 0.15) is 5.82 Å². The number of imidazole rings is 1. The molecule has 3 heteroatoms.